The number of nitrogens with one attached hydrogen (secondary N) is 1. The number of hydrogen-bond acceptors (Lipinski definition) is 5. The van der Waals surface area contributed by atoms with Gasteiger partial charge >= 0.3 is 5.97 Å². The third kappa shape index (κ3) is 4.46. The quantitative estimate of drug-likeness (QED) is 0.613. The van der Waals surface area contributed by atoms with E-state index in [-0.39, 0.29) is 12.5 Å². The molecule has 5 nitrogen and oxygen atoms in total. The molecule has 4 rings (SSSR count). The molecule has 0 atom stereocenters. The summed E-state index contributed by atoms with van der Waals surface area (Å²) >= 11 is 1.32. The minimum Gasteiger partial charge on any atom is -0.464 e. The Balaban J connectivity index is 1.54. The van der Waals surface area contributed by atoms with Gasteiger partial charge in [-0.15, -0.1) is 11.3 Å². The highest BCUT2D eigenvalue weighted by atomic mass is 32.1. The van der Waals surface area contributed by atoms with Gasteiger partial charge in [-0.05, 0) is 18.8 Å². The van der Waals surface area contributed by atoms with Gasteiger partial charge in [0.2, 0.25) is 0 Å². The molecule has 28 heavy (non-hydrogen) atoms. The van der Waals surface area contributed by atoms with Crippen molar-refractivity contribution in [1.82, 2.24) is 10.3 Å². The van der Waals surface area contributed by atoms with E-state index in [9.17, 15) is 9.59 Å². The second-order valence-electron chi connectivity index (χ2n) is 6.74. The van der Waals surface area contributed by atoms with Crippen molar-refractivity contribution >= 4 is 23.2 Å². The molecular weight excluding hydrogens is 372 g/mol. The predicted molar refractivity (Wildman–Crippen MR) is 109 cm³/mol. The zero-order chi connectivity index (χ0) is 19.3. The van der Waals surface area contributed by atoms with E-state index in [1.54, 1.807) is 0 Å². The summed E-state index contributed by atoms with van der Waals surface area (Å²) in [5.41, 5.74) is 2.43. The number of ether oxygens (including phenoxy) is 1. The lowest BCUT2D eigenvalue weighted by Gasteiger charge is -2.06. The summed E-state index contributed by atoms with van der Waals surface area (Å²) < 4.78 is 5.18. The standard InChI is InChI=1S/C22H20N2O3S/c25-18(27-14-15-11-12-15)13-23-21(26)20-19(16-7-3-1-4-8-16)24-22(28-20)17-9-5-2-6-10-17/h1-10,15H,11-14H2,(H,23,26). The first kappa shape index (κ1) is 18.4. The van der Waals surface area contributed by atoms with E-state index >= 15 is 0 Å². The van der Waals surface area contributed by atoms with Gasteiger partial charge < -0.3 is 10.1 Å². The lowest BCUT2D eigenvalue weighted by molar-refractivity contribution is -0.142. The monoisotopic (exact) mass is 392 g/mol. The summed E-state index contributed by atoms with van der Waals surface area (Å²) in [5.74, 6) is -0.226. The van der Waals surface area contributed by atoms with Crippen molar-refractivity contribution in [3.63, 3.8) is 0 Å². The molecule has 3 aromatic rings. The Morgan fingerprint density at radius 1 is 1.00 bits per heavy atom. The van der Waals surface area contributed by atoms with Gasteiger partial charge in [0.25, 0.3) is 5.91 Å². The highest BCUT2D eigenvalue weighted by Crippen LogP contribution is 2.33. The molecule has 1 fully saturated rings. The Kier molecular flexibility index (Phi) is 5.48. The van der Waals surface area contributed by atoms with Crippen LogP contribution in [0.2, 0.25) is 0 Å². The molecule has 0 spiro atoms. The van der Waals surface area contributed by atoms with Crippen molar-refractivity contribution in [2.45, 2.75) is 12.8 Å². The number of carbonyl (C=O) groups is 2. The minimum absolute atomic E-state index is 0.141. The van der Waals surface area contributed by atoms with Gasteiger partial charge in [0, 0.05) is 11.1 Å². The van der Waals surface area contributed by atoms with Crippen molar-refractivity contribution in [3.8, 4) is 21.8 Å². The van der Waals surface area contributed by atoms with Crippen LogP contribution in [0.15, 0.2) is 60.7 Å². The van der Waals surface area contributed by atoms with Crippen molar-refractivity contribution in [2.24, 2.45) is 5.92 Å². The third-order valence-electron chi connectivity index (χ3n) is 4.47. The summed E-state index contributed by atoms with van der Waals surface area (Å²) in [6, 6.07) is 19.3. The second kappa shape index (κ2) is 8.35. The molecule has 1 N–H and O–H groups in total. The second-order valence-corrected chi connectivity index (χ2v) is 7.74. The molecule has 0 radical (unpaired) electrons. The van der Waals surface area contributed by atoms with E-state index in [1.807, 2.05) is 60.7 Å². The van der Waals surface area contributed by atoms with Crippen LogP contribution in [0.5, 0.6) is 0 Å². The smallest absolute Gasteiger partial charge is 0.325 e. The van der Waals surface area contributed by atoms with E-state index < -0.39 is 5.97 Å². The van der Waals surface area contributed by atoms with Crippen LogP contribution in [0, 0.1) is 5.92 Å². The maximum Gasteiger partial charge on any atom is 0.325 e. The fourth-order valence-corrected chi connectivity index (χ4v) is 3.76. The summed E-state index contributed by atoms with van der Waals surface area (Å²) in [5, 5.41) is 3.44. The molecule has 6 heteroatoms. The van der Waals surface area contributed by atoms with E-state index in [0.717, 1.165) is 29.0 Å². The summed E-state index contributed by atoms with van der Waals surface area (Å²) in [6.07, 6.45) is 2.23. The molecule has 1 amide bonds. The Labute approximate surface area is 167 Å². The van der Waals surface area contributed by atoms with Gasteiger partial charge in [-0.2, -0.15) is 0 Å². The Hall–Kier alpha value is -2.99. The first-order valence-corrected chi connectivity index (χ1v) is 10.1. The van der Waals surface area contributed by atoms with Gasteiger partial charge in [0.05, 0.1) is 12.3 Å². The predicted octanol–water partition coefficient (Wildman–Crippen LogP) is 4.16. The Bertz CT molecular complexity index is 966. The van der Waals surface area contributed by atoms with E-state index in [1.165, 1.54) is 11.3 Å². The average molecular weight is 392 g/mol. The average Bonchev–Trinajstić information content (AvgIpc) is 3.47. The number of aromatic nitrogens is 1. The van der Waals surface area contributed by atoms with Crippen LogP contribution in [0.3, 0.4) is 0 Å². The molecule has 1 aromatic heterocycles. The lowest BCUT2D eigenvalue weighted by atomic mass is 10.1. The fraction of sp³-hybridized carbons (Fsp3) is 0.227. The van der Waals surface area contributed by atoms with Crippen LogP contribution in [-0.2, 0) is 9.53 Å². The molecule has 2 aromatic carbocycles. The number of rotatable bonds is 7. The zero-order valence-corrected chi connectivity index (χ0v) is 16.1. The molecule has 1 aliphatic rings. The molecule has 1 aliphatic carbocycles. The number of carbonyl (C=O) groups excluding carboxylic acids is 2. The highest BCUT2D eigenvalue weighted by molar-refractivity contribution is 7.17. The molecular formula is C22H20N2O3S. The van der Waals surface area contributed by atoms with Gasteiger partial charge in [-0.1, -0.05) is 60.7 Å². The summed E-state index contributed by atoms with van der Waals surface area (Å²) in [4.78, 5) is 29.8. The van der Waals surface area contributed by atoms with Gasteiger partial charge in [-0.25, -0.2) is 4.98 Å². The van der Waals surface area contributed by atoms with Crippen LogP contribution in [0.1, 0.15) is 22.5 Å². The molecule has 0 aliphatic heterocycles. The summed E-state index contributed by atoms with van der Waals surface area (Å²) in [7, 11) is 0. The topological polar surface area (TPSA) is 68.3 Å². The van der Waals surface area contributed by atoms with Crippen LogP contribution in [0.4, 0.5) is 0 Å². The van der Waals surface area contributed by atoms with Crippen molar-refractivity contribution in [3.05, 3.63) is 65.5 Å². The number of hydrogen-bond donors (Lipinski definition) is 1. The minimum atomic E-state index is -0.408. The maximum atomic E-state index is 12.8. The van der Waals surface area contributed by atoms with Gasteiger partial charge in [0.1, 0.15) is 16.4 Å². The van der Waals surface area contributed by atoms with Crippen molar-refractivity contribution in [1.29, 1.82) is 0 Å². The third-order valence-corrected chi connectivity index (χ3v) is 5.57. The molecule has 0 bridgehead atoms. The van der Waals surface area contributed by atoms with Crippen LogP contribution in [-0.4, -0.2) is 30.0 Å². The fourth-order valence-electron chi connectivity index (χ4n) is 2.75. The Morgan fingerprint density at radius 2 is 1.64 bits per heavy atom. The van der Waals surface area contributed by atoms with E-state index in [2.05, 4.69) is 5.32 Å². The number of esters is 1. The first-order chi connectivity index (χ1) is 13.7. The van der Waals surface area contributed by atoms with E-state index in [0.29, 0.717) is 23.1 Å². The molecule has 0 unspecified atom stereocenters. The van der Waals surface area contributed by atoms with Crippen molar-refractivity contribution < 1.29 is 14.3 Å². The normalized spacial score (nSPS) is 13.1. The number of amides is 1. The molecule has 1 heterocycles. The maximum absolute atomic E-state index is 12.8. The van der Waals surface area contributed by atoms with E-state index in [4.69, 9.17) is 9.72 Å². The molecule has 1 saturated carbocycles. The molecule has 142 valence electrons. The van der Waals surface area contributed by atoms with Crippen molar-refractivity contribution in [2.75, 3.05) is 13.2 Å². The SMILES string of the molecule is O=C(CNC(=O)c1sc(-c2ccccc2)nc1-c1ccccc1)OCC1CC1. The summed E-state index contributed by atoms with van der Waals surface area (Å²) in [6.45, 7) is 0.307. The largest absolute Gasteiger partial charge is 0.464 e. The number of benzene rings is 2. The van der Waals surface area contributed by atoms with Crippen LogP contribution < -0.4 is 5.32 Å². The first-order valence-electron chi connectivity index (χ1n) is 9.26. The van der Waals surface area contributed by atoms with Crippen LogP contribution >= 0.6 is 11.3 Å². The molecule has 0 saturated heterocycles. The van der Waals surface area contributed by atoms with Gasteiger partial charge in [0.15, 0.2) is 0 Å². The Morgan fingerprint density at radius 3 is 2.29 bits per heavy atom. The number of nitrogens with zero attached hydrogens (tertiary/aromatic N) is 1. The zero-order valence-electron chi connectivity index (χ0n) is 15.3. The lowest BCUT2D eigenvalue weighted by Crippen LogP contribution is -2.30. The highest BCUT2D eigenvalue weighted by Gasteiger charge is 2.24. The number of thiazole rings is 1. The van der Waals surface area contributed by atoms with Crippen LogP contribution in [0.25, 0.3) is 21.8 Å². The van der Waals surface area contributed by atoms with Gasteiger partial charge in [-0.3, -0.25) is 9.59 Å².